The molecule has 1 unspecified atom stereocenters. The Labute approximate surface area is 212 Å². The third-order valence-electron chi connectivity index (χ3n) is 7.19. The lowest BCUT2D eigenvalue weighted by atomic mass is 9.87. The Bertz CT molecular complexity index is 917. The van der Waals surface area contributed by atoms with Gasteiger partial charge >= 0.3 is 0 Å². The van der Waals surface area contributed by atoms with Crippen LogP contribution in [0.3, 0.4) is 0 Å². The Hall–Kier alpha value is -2.70. The molecule has 6 nitrogen and oxygen atoms in total. The van der Waals surface area contributed by atoms with E-state index in [2.05, 4.69) is 28.6 Å². The van der Waals surface area contributed by atoms with E-state index in [-0.39, 0.29) is 5.92 Å². The third-order valence-corrected chi connectivity index (χ3v) is 7.19. The van der Waals surface area contributed by atoms with Crippen LogP contribution < -0.4 is 10.6 Å². The number of ketones is 1. The van der Waals surface area contributed by atoms with Crippen molar-refractivity contribution in [1.82, 2.24) is 15.6 Å². The molecule has 0 spiro atoms. The van der Waals surface area contributed by atoms with Crippen molar-refractivity contribution in [3.05, 3.63) is 53.3 Å². The van der Waals surface area contributed by atoms with Crippen molar-refractivity contribution in [1.29, 1.82) is 5.41 Å². The second-order valence-corrected chi connectivity index (χ2v) is 10.00. The molecule has 35 heavy (non-hydrogen) atoms. The minimum absolute atomic E-state index is 0.288. The number of carbonyl (C=O) groups is 1. The van der Waals surface area contributed by atoms with Gasteiger partial charge in [-0.25, -0.2) is 4.99 Å². The summed E-state index contributed by atoms with van der Waals surface area (Å²) in [5, 5.41) is 14.6. The molecule has 1 aromatic heterocycles. The lowest BCUT2D eigenvalue weighted by Gasteiger charge is -2.25. The Morgan fingerprint density at radius 2 is 2.03 bits per heavy atom. The molecule has 2 heterocycles. The van der Waals surface area contributed by atoms with Crippen molar-refractivity contribution in [2.45, 2.75) is 90.5 Å². The van der Waals surface area contributed by atoms with Crippen molar-refractivity contribution >= 4 is 25.6 Å². The number of aliphatic imine (C=N–C) groups is 1. The zero-order valence-electron chi connectivity index (χ0n) is 21.6. The van der Waals surface area contributed by atoms with Gasteiger partial charge < -0.3 is 16.0 Å². The lowest BCUT2D eigenvalue weighted by Crippen LogP contribution is -2.32. The monoisotopic (exact) mass is 475 g/mol. The van der Waals surface area contributed by atoms with E-state index >= 15 is 0 Å². The summed E-state index contributed by atoms with van der Waals surface area (Å²) in [5.74, 6) is 2.69. The first-order valence-electron chi connectivity index (χ1n) is 13.5. The van der Waals surface area contributed by atoms with E-state index in [1.54, 1.807) is 6.20 Å². The fourth-order valence-electron chi connectivity index (χ4n) is 4.98. The van der Waals surface area contributed by atoms with Crippen LogP contribution >= 0.6 is 0 Å². The summed E-state index contributed by atoms with van der Waals surface area (Å²) >= 11 is 0. The summed E-state index contributed by atoms with van der Waals surface area (Å²) in [7, 11) is 1.91. The molecule has 1 aromatic rings. The maximum Gasteiger partial charge on any atom is 0.146 e. The molecule has 0 radical (unpaired) electrons. The molecular weight excluding hydrogens is 433 g/mol. The van der Waals surface area contributed by atoms with Gasteiger partial charge in [-0.2, -0.15) is 0 Å². The number of allylic oxidation sites excluding steroid dienone is 2. The summed E-state index contributed by atoms with van der Waals surface area (Å²) in [6.07, 6.45) is 20.2. The van der Waals surface area contributed by atoms with Crippen molar-refractivity contribution in [3.63, 3.8) is 0 Å². The van der Waals surface area contributed by atoms with E-state index in [9.17, 15) is 4.79 Å². The number of hydrogen-bond acceptors (Lipinski definition) is 6. The van der Waals surface area contributed by atoms with Crippen LogP contribution in [0.4, 0.5) is 0 Å². The van der Waals surface area contributed by atoms with Crippen LogP contribution in [0.2, 0.25) is 0 Å². The predicted octanol–water partition coefficient (Wildman–Crippen LogP) is 5.02. The Morgan fingerprint density at radius 3 is 2.71 bits per heavy atom. The molecule has 0 amide bonds. The highest BCUT2D eigenvalue weighted by molar-refractivity contribution is 6.33. The lowest BCUT2D eigenvalue weighted by molar-refractivity contribution is -0.123. The number of Topliss-reactive ketones (excluding diaryl/α,β-unsaturated/α-hetero) is 1. The average molecular weight is 475 g/mol. The van der Waals surface area contributed by atoms with Crippen LogP contribution in [0, 0.1) is 17.2 Å². The van der Waals surface area contributed by atoms with Crippen molar-refractivity contribution in [2.24, 2.45) is 16.8 Å². The van der Waals surface area contributed by atoms with E-state index in [0.29, 0.717) is 24.7 Å². The fourth-order valence-corrected chi connectivity index (χ4v) is 4.98. The molecule has 0 saturated heterocycles. The molecule has 0 aromatic carbocycles. The minimum Gasteiger partial charge on any atom is -0.367 e. The number of aromatic nitrogens is 1. The fraction of sp³-hybridized carbons (Fsp3) is 0.571. The third kappa shape index (κ3) is 8.79. The number of unbranched alkanes of at least 4 members (excludes halogenated alkanes) is 1. The van der Waals surface area contributed by atoms with Crippen LogP contribution in [0.15, 0.2) is 52.7 Å². The van der Waals surface area contributed by atoms with Gasteiger partial charge in [-0.05, 0) is 49.2 Å². The molecular formula is C28H42BN5O. The quantitative estimate of drug-likeness (QED) is 0.212. The molecule has 1 saturated carbocycles. The molecule has 1 aliphatic heterocycles. The normalized spacial score (nSPS) is 19.0. The van der Waals surface area contributed by atoms with Gasteiger partial charge in [0.1, 0.15) is 25.3 Å². The number of carbonyl (C=O) groups excluding carboxylic acids is 1. The second kappa shape index (κ2) is 14.6. The van der Waals surface area contributed by atoms with Gasteiger partial charge in [0.05, 0.1) is 0 Å². The number of nitrogens with one attached hydrogen (secondary N) is 3. The highest BCUT2D eigenvalue weighted by Gasteiger charge is 2.23. The van der Waals surface area contributed by atoms with E-state index in [1.807, 2.05) is 26.2 Å². The smallest absolute Gasteiger partial charge is 0.146 e. The van der Waals surface area contributed by atoms with Gasteiger partial charge in [0.15, 0.2) is 0 Å². The second-order valence-electron chi connectivity index (χ2n) is 10.00. The predicted molar refractivity (Wildman–Crippen MR) is 147 cm³/mol. The van der Waals surface area contributed by atoms with Crippen LogP contribution in [0.25, 0.3) is 0 Å². The van der Waals surface area contributed by atoms with Gasteiger partial charge in [-0.15, -0.1) is 0 Å². The summed E-state index contributed by atoms with van der Waals surface area (Å²) in [4.78, 5) is 22.0. The van der Waals surface area contributed by atoms with Crippen LogP contribution in [0.5, 0.6) is 0 Å². The maximum absolute atomic E-state index is 12.9. The summed E-state index contributed by atoms with van der Waals surface area (Å²) in [5.41, 5.74) is 2.95. The first kappa shape index (κ1) is 26.9. The highest BCUT2D eigenvalue weighted by Crippen LogP contribution is 2.27. The Morgan fingerprint density at radius 1 is 1.26 bits per heavy atom. The molecule has 1 fully saturated rings. The van der Waals surface area contributed by atoms with Crippen molar-refractivity contribution < 1.29 is 4.79 Å². The minimum atomic E-state index is 0.288. The SMILES string of the molecule is B/C(C=N)=C1\N=C(C(CCCC)CCCC(=O)C2CCCCCC2)C=C(NCc2cccnc2)N1. The molecule has 2 aliphatic rings. The average Bonchev–Trinajstić information content (AvgIpc) is 3.19. The van der Waals surface area contributed by atoms with E-state index in [0.717, 1.165) is 73.3 Å². The number of hydrogen-bond donors (Lipinski definition) is 3. The van der Waals surface area contributed by atoms with E-state index < -0.39 is 0 Å². The van der Waals surface area contributed by atoms with E-state index in [1.165, 1.54) is 31.9 Å². The molecule has 3 N–H and O–H groups in total. The summed E-state index contributed by atoms with van der Waals surface area (Å²) in [6.45, 7) is 2.88. The molecule has 0 bridgehead atoms. The van der Waals surface area contributed by atoms with Crippen LogP contribution in [-0.4, -0.2) is 30.5 Å². The summed E-state index contributed by atoms with van der Waals surface area (Å²) in [6, 6.07) is 3.99. The van der Waals surface area contributed by atoms with Crippen molar-refractivity contribution in [3.8, 4) is 0 Å². The molecule has 1 atom stereocenters. The standard InChI is InChI=1S/C28H42BN5O/c1-2-3-11-22(14-8-15-26(35)23-12-6-4-5-7-13-23)25-17-27(34-28(33-25)24(29)18-30)32-20-21-10-9-16-31-19-21/h9-10,16-19,22-23,30,32,34H,2-8,11-15,20,29H2,1H3/b28-24+,30-18?. The maximum atomic E-state index is 12.9. The molecule has 1 aliphatic carbocycles. The topological polar surface area (TPSA) is 90.2 Å². The zero-order valence-corrected chi connectivity index (χ0v) is 21.6. The number of pyridine rings is 1. The first-order valence-corrected chi connectivity index (χ1v) is 13.5. The van der Waals surface area contributed by atoms with Gasteiger partial charge in [-0.3, -0.25) is 9.78 Å². The van der Waals surface area contributed by atoms with Gasteiger partial charge in [0, 0.05) is 55.2 Å². The molecule has 7 heteroatoms. The van der Waals surface area contributed by atoms with Crippen LogP contribution in [-0.2, 0) is 11.3 Å². The molecule has 3 rings (SSSR count). The van der Waals surface area contributed by atoms with Gasteiger partial charge in [0.2, 0.25) is 0 Å². The number of nitrogens with zero attached hydrogens (tertiary/aromatic N) is 2. The first-order chi connectivity index (χ1) is 17.1. The van der Waals surface area contributed by atoms with Crippen molar-refractivity contribution in [2.75, 3.05) is 0 Å². The van der Waals surface area contributed by atoms with E-state index in [4.69, 9.17) is 10.4 Å². The van der Waals surface area contributed by atoms with Crippen LogP contribution in [0.1, 0.15) is 89.5 Å². The van der Waals surface area contributed by atoms with Gasteiger partial charge in [0.25, 0.3) is 0 Å². The molecule has 188 valence electrons. The summed E-state index contributed by atoms with van der Waals surface area (Å²) < 4.78 is 0. The largest absolute Gasteiger partial charge is 0.367 e. The number of rotatable bonds is 13. The Kier molecular flexibility index (Phi) is 11.3. The zero-order chi connectivity index (χ0) is 24.9. The Balaban J connectivity index is 1.69. The highest BCUT2D eigenvalue weighted by atomic mass is 16.1. The van der Waals surface area contributed by atoms with Gasteiger partial charge in [-0.1, -0.05) is 51.5 Å².